The van der Waals surface area contributed by atoms with E-state index in [0.717, 1.165) is 6.07 Å². The lowest BCUT2D eigenvalue weighted by Gasteiger charge is -2.10. The van der Waals surface area contributed by atoms with Gasteiger partial charge in [-0.3, -0.25) is 9.59 Å². The van der Waals surface area contributed by atoms with Crippen molar-refractivity contribution in [3.8, 4) is 0 Å². The van der Waals surface area contributed by atoms with Crippen LogP contribution in [0.1, 0.15) is 35.6 Å². The Hall–Kier alpha value is -1.87. The SMILES string of the molecule is Cc1oc(C(=O)N[C@H]2CC[C@@H](C(=O)O)C2)cc1S(N)(=O)=O. The van der Waals surface area contributed by atoms with Crippen LogP contribution < -0.4 is 10.5 Å². The Bertz CT molecular complexity index is 678. The number of primary sulfonamides is 1. The summed E-state index contributed by atoms with van der Waals surface area (Å²) >= 11 is 0. The Morgan fingerprint density at radius 3 is 2.57 bits per heavy atom. The second-order valence-corrected chi connectivity index (χ2v) is 6.62. The van der Waals surface area contributed by atoms with Gasteiger partial charge in [0.1, 0.15) is 10.7 Å². The number of amides is 1. The summed E-state index contributed by atoms with van der Waals surface area (Å²) in [7, 11) is -3.94. The van der Waals surface area contributed by atoms with E-state index in [-0.39, 0.29) is 22.5 Å². The number of rotatable bonds is 4. The van der Waals surface area contributed by atoms with Crippen LogP contribution in [0.3, 0.4) is 0 Å². The minimum atomic E-state index is -3.94. The highest BCUT2D eigenvalue weighted by Crippen LogP contribution is 2.26. The van der Waals surface area contributed by atoms with Gasteiger partial charge in [-0.05, 0) is 26.2 Å². The number of nitrogens with one attached hydrogen (secondary N) is 1. The van der Waals surface area contributed by atoms with Gasteiger partial charge < -0.3 is 14.8 Å². The first-order chi connectivity index (χ1) is 9.68. The molecule has 0 radical (unpaired) electrons. The highest BCUT2D eigenvalue weighted by molar-refractivity contribution is 7.89. The molecule has 1 aromatic rings. The first kappa shape index (κ1) is 15.5. The van der Waals surface area contributed by atoms with Crippen molar-refractivity contribution in [3.63, 3.8) is 0 Å². The van der Waals surface area contributed by atoms with Crippen LogP contribution in [0, 0.1) is 12.8 Å². The van der Waals surface area contributed by atoms with E-state index in [9.17, 15) is 18.0 Å². The van der Waals surface area contributed by atoms with Crippen LogP contribution in [0.15, 0.2) is 15.4 Å². The van der Waals surface area contributed by atoms with Crippen LogP contribution in [0.5, 0.6) is 0 Å². The van der Waals surface area contributed by atoms with Crippen molar-refractivity contribution in [2.45, 2.75) is 37.1 Å². The average molecular weight is 316 g/mol. The van der Waals surface area contributed by atoms with E-state index in [2.05, 4.69) is 5.32 Å². The molecule has 0 bridgehead atoms. The zero-order chi connectivity index (χ0) is 15.8. The second kappa shape index (κ2) is 5.49. The molecule has 2 atom stereocenters. The van der Waals surface area contributed by atoms with Crippen LogP contribution in [0.4, 0.5) is 0 Å². The van der Waals surface area contributed by atoms with Crippen molar-refractivity contribution in [2.75, 3.05) is 0 Å². The molecule has 1 aromatic heterocycles. The molecule has 1 heterocycles. The molecule has 1 aliphatic rings. The van der Waals surface area contributed by atoms with Gasteiger partial charge in [0.15, 0.2) is 5.76 Å². The maximum atomic E-state index is 12.0. The number of furan rings is 1. The zero-order valence-electron chi connectivity index (χ0n) is 11.3. The molecule has 0 saturated heterocycles. The second-order valence-electron chi connectivity index (χ2n) is 5.09. The number of sulfonamides is 1. The Kier molecular flexibility index (Phi) is 4.06. The lowest BCUT2D eigenvalue weighted by atomic mass is 10.1. The van der Waals surface area contributed by atoms with Gasteiger partial charge in [-0.1, -0.05) is 0 Å². The van der Waals surface area contributed by atoms with Gasteiger partial charge in [-0.2, -0.15) is 0 Å². The van der Waals surface area contributed by atoms with Gasteiger partial charge in [-0.15, -0.1) is 0 Å². The standard InChI is InChI=1S/C12H16N2O6S/c1-6-10(21(13,18)19)5-9(20-6)11(15)14-8-3-2-7(4-8)12(16)17/h5,7-8H,2-4H2,1H3,(H,14,15)(H,16,17)(H2,13,18,19)/t7-,8+/m1/s1. The Morgan fingerprint density at radius 1 is 1.43 bits per heavy atom. The average Bonchev–Trinajstić information content (AvgIpc) is 2.94. The summed E-state index contributed by atoms with van der Waals surface area (Å²) in [6, 6.07) is 0.811. The summed E-state index contributed by atoms with van der Waals surface area (Å²) in [4.78, 5) is 22.6. The molecule has 21 heavy (non-hydrogen) atoms. The molecule has 8 nitrogen and oxygen atoms in total. The summed E-state index contributed by atoms with van der Waals surface area (Å²) in [5.74, 6) is -2.04. The number of carbonyl (C=O) groups is 2. The number of aliphatic carboxylic acids is 1. The topological polar surface area (TPSA) is 140 Å². The summed E-state index contributed by atoms with van der Waals surface area (Å²) in [5.41, 5.74) is 0. The first-order valence-corrected chi connectivity index (χ1v) is 7.90. The predicted octanol–water partition coefficient (Wildman–Crippen LogP) is 0.219. The van der Waals surface area contributed by atoms with Crippen molar-refractivity contribution in [1.29, 1.82) is 0 Å². The molecule has 0 aromatic carbocycles. The number of hydrogen-bond donors (Lipinski definition) is 3. The highest BCUT2D eigenvalue weighted by atomic mass is 32.2. The zero-order valence-corrected chi connectivity index (χ0v) is 12.1. The fraction of sp³-hybridized carbons (Fsp3) is 0.500. The minimum Gasteiger partial charge on any atom is -0.481 e. The van der Waals surface area contributed by atoms with E-state index < -0.39 is 27.8 Å². The van der Waals surface area contributed by atoms with E-state index in [4.69, 9.17) is 14.7 Å². The lowest BCUT2D eigenvalue weighted by molar-refractivity contribution is -0.141. The lowest BCUT2D eigenvalue weighted by Crippen LogP contribution is -2.33. The van der Waals surface area contributed by atoms with E-state index >= 15 is 0 Å². The third kappa shape index (κ3) is 3.42. The fourth-order valence-electron chi connectivity index (χ4n) is 2.45. The van der Waals surface area contributed by atoms with Crippen molar-refractivity contribution in [2.24, 2.45) is 11.1 Å². The molecule has 9 heteroatoms. The van der Waals surface area contributed by atoms with E-state index in [1.54, 1.807) is 0 Å². The minimum absolute atomic E-state index is 0.0393. The third-order valence-corrected chi connectivity index (χ3v) is 4.54. The highest BCUT2D eigenvalue weighted by Gasteiger charge is 2.31. The number of hydrogen-bond acceptors (Lipinski definition) is 5. The van der Waals surface area contributed by atoms with Crippen LogP contribution in [0.2, 0.25) is 0 Å². The molecule has 1 fully saturated rings. The molecule has 4 N–H and O–H groups in total. The van der Waals surface area contributed by atoms with Gasteiger partial charge >= 0.3 is 5.97 Å². The normalized spacial score (nSPS) is 22.2. The van der Waals surface area contributed by atoms with E-state index in [0.29, 0.717) is 19.3 Å². The molecule has 0 spiro atoms. The molecule has 2 rings (SSSR count). The van der Waals surface area contributed by atoms with Crippen molar-refractivity contribution in [3.05, 3.63) is 17.6 Å². The summed E-state index contributed by atoms with van der Waals surface area (Å²) in [6.45, 7) is 1.40. The van der Waals surface area contributed by atoms with Gasteiger partial charge in [0.2, 0.25) is 10.0 Å². The van der Waals surface area contributed by atoms with Crippen LogP contribution >= 0.6 is 0 Å². The van der Waals surface area contributed by atoms with Crippen LogP contribution in [0.25, 0.3) is 0 Å². The number of nitrogens with two attached hydrogens (primary N) is 1. The van der Waals surface area contributed by atoms with E-state index in [1.807, 2.05) is 0 Å². The number of carbonyl (C=O) groups excluding carboxylic acids is 1. The first-order valence-electron chi connectivity index (χ1n) is 6.35. The van der Waals surface area contributed by atoms with Gasteiger partial charge in [-0.25, -0.2) is 13.6 Å². The van der Waals surface area contributed by atoms with Crippen molar-refractivity contribution in [1.82, 2.24) is 5.32 Å². The monoisotopic (exact) mass is 316 g/mol. The van der Waals surface area contributed by atoms with Crippen LogP contribution in [-0.2, 0) is 14.8 Å². The Balaban J connectivity index is 2.07. The van der Waals surface area contributed by atoms with E-state index in [1.165, 1.54) is 6.92 Å². The summed E-state index contributed by atoms with van der Waals surface area (Å²) in [6.07, 6.45) is 1.41. The molecule has 0 aliphatic heterocycles. The van der Waals surface area contributed by atoms with Gasteiger partial charge in [0.25, 0.3) is 5.91 Å². The van der Waals surface area contributed by atoms with Gasteiger partial charge in [0.05, 0.1) is 5.92 Å². The summed E-state index contributed by atoms with van der Waals surface area (Å²) in [5, 5.41) is 16.5. The maximum absolute atomic E-state index is 12.0. The molecule has 116 valence electrons. The number of carboxylic acid groups (broad SMARTS) is 1. The molecular formula is C12H16N2O6S. The smallest absolute Gasteiger partial charge is 0.306 e. The van der Waals surface area contributed by atoms with Crippen LogP contribution in [-0.4, -0.2) is 31.4 Å². The fourth-order valence-corrected chi connectivity index (χ4v) is 3.17. The largest absolute Gasteiger partial charge is 0.481 e. The predicted molar refractivity (Wildman–Crippen MR) is 71.0 cm³/mol. The summed E-state index contributed by atoms with van der Waals surface area (Å²) < 4.78 is 27.6. The van der Waals surface area contributed by atoms with Crippen molar-refractivity contribution >= 4 is 21.9 Å². The molecular weight excluding hydrogens is 300 g/mol. The molecule has 0 unspecified atom stereocenters. The Labute approximate surface area is 121 Å². The molecule has 1 saturated carbocycles. The van der Waals surface area contributed by atoms with Crippen molar-refractivity contribution < 1.29 is 27.5 Å². The maximum Gasteiger partial charge on any atom is 0.306 e. The number of carboxylic acids is 1. The third-order valence-electron chi connectivity index (χ3n) is 3.52. The quantitative estimate of drug-likeness (QED) is 0.726. The van der Waals surface area contributed by atoms with Gasteiger partial charge in [0, 0.05) is 12.1 Å². The number of aryl methyl sites for hydroxylation is 1. The molecule has 1 amide bonds. The molecule has 1 aliphatic carbocycles. The Morgan fingerprint density at radius 2 is 2.10 bits per heavy atom.